The highest BCUT2D eigenvalue weighted by atomic mass is 35.5. The van der Waals surface area contributed by atoms with Crippen molar-refractivity contribution in [1.82, 2.24) is 5.32 Å². The smallest absolute Gasteiger partial charge is 0.225 e. The molecule has 0 radical (unpaired) electrons. The molecule has 1 fully saturated rings. The molecule has 1 aromatic rings. The predicted molar refractivity (Wildman–Crippen MR) is 85.8 cm³/mol. The van der Waals surface area contributed by atoms with Crippen molar-refractivity contribution in [2.75, 3.05) is 25.6 Å². The SMILES string of the molecule is COCC(NCCC(=O)Nc1cccc(Cl)c1C)C1CC1. The quantitative estimate of drug-likeness (QED) is 0.776. The molecule has 1 atom stereocenters. The van der Waals surface area contributed by atoms with Crippen molar-refractivity contribution in [1.29, 1.82) is 0 Å². The molecule has 21 heavy (non-hydrogen) atoms. The minimum atomic E-state index is -0.000157. The zero-order valence-corrected chi connectivity index (χ0v) is 13.4. The average molecular weight is 311 g/mol. The van der Waals surface area contributed by atoms with Crippen LogP contribution in [0.15, 0.2) is 18.2 Å². The topological polar surface area (TPSA) is 50.4 Å². The van der Waals surface area contributed by atoms with Crippen LogP contribution in [0, 0.1) is 12.8 Å². The maximum Gasteiger partial charge on any atom is 0.225 e. The highest BCUT2D eigenvalue weighted by molar-refractivity contribution is 6.31. The van der Waals surface area contributed by atoms with Gasteiger partial charge in [0.15, 0.2) is 0 Å². The molecule has 2 N–H and O–H groups in total. The number of hydrogen-bond donors (Lipinski definition) is 2. The molecule has 1 unspecified atom stereocenters. The summed E-state index contributed by atoms with van der Waals surface area (Å²) in [5.41, 5.74) is 1.68. The summed E-state index contributed by atoms with van der Waals surface area (Å²) in [6.07, 6.45) is 2.96. The van der Waals surface area contributed by atoms with Crippen LogP contribution < -0.4 is 10.6 Å². The van der Waals surface area contributed by atoms with Crippen LogP contribution in [0.5, 0.6) is 0 Å². The zero-order chi connectivity index (χ0) is 15.2. The summed E-state index contributed by atoms with van der Waals surface area (Å²) in [6, 6.07) is 5.89. The second-order valence-electron chi connectivity index (χ2n) is 5.56. The Balaban J connectivity index is 1.75. The van der Waals surface area contributed by atoms with Crippen molar-refractivity contribution < 1.29 is 9.53 Å². The van der Waals surface area contributed by atoms with Crippen LogP contribution in [0.25, 0.3) is 0 Å². The maximum absolute atomic E-state index is 12.0. The first kappa shape index (κ1) is 16.3. The summed E-state index contributed by atoms with van der Waals surface area (Å²) >= 11 is 6.04. The molecule has 0 aliphatic heterocycles. The number of methoxy groups -OCH3 is 1. The normalized spacial score (nSPS) is 15.8. The maximum atomic E-state index is 12.0. The summed E-state index contributed by atoms with van der Waals surface area (Å²) in [4.78, 5) is 12.0. The molecule has 1 aliphatic rings. The number of benzene rings is 1. The van der Waals surface area contributed by atoms with Crippen LogP contribution in [0.4, 0.5) is 5.69 Å². The minimum Gasteiger partial charge on any atom is -0.383 e. The molecule has 1 aliphatic carbocycles. The highest BCUT2D eigenvalue weighted by Crippen LogP contribution is 2.32. The number of carbonyl (C=O) groups excluding carboxylic acids is 1. The van der Waals surface area contributed by atoms with Gasteiger partial charge >= 0.3 is 0 Å². The van der Waals surface area contributed by atoms with E-state index in [1.54, 1.807) is 7.11 Å². The van der Waals surface area contributed by atoms with Gasteiger partial charge in [-0.25, -0.2) is 0 Å². The van der Waals surface area contributed by atoms with Gasteiger partial charge in [-0.05, 0) is 43.4 Å². The van der Waals surface area contributed by atoms with Crippen molar-refractivity contribution in [2.24, 2.45) is 5.92 Å². The third-order valence-electron chi connectivity index (χ3n) is 3.84. The van der Waals surface area contributed by atoms with Crippen molar-refractivity contribution in [3.63, 3.8) is 0 Å². The van der Waals surface area contributed by atoms with Gasteiger partial charge in [0.05, 0.1) is 6.61 Å². The molecule has 0 bridgehead atoms. The van der Waals surface area contributed by atoms with Crippen molar-refractivity contribution >= 4 is 23.2 Å². The summed E-state index contributed by atoms with van der Waals surface area (Å²) < 4.78 is 5.21. The number of hydrogen-bond acceptors (Lipinski definition) is 3. The first-order valence-corrected chi connectivity index (χ1v) is 7.77. The van der Waals surface area contributed by atoms with Crippen molar-refractivity contribution in [3.8, 4) is 0 Å². The lowest BCUT2D eigenvalue weighted by molar-refractivity contribution is -0.116. The molecule has 1 amide bonds. The molecule has 0 aromatic heterocycles. The molecule has 4 nitrogen and oxygen atoms in total. The third-order valence-corrected chi connectivity index (χ3v) is 4.25. The van der Waals surface area contributed by atoms with E-state index in [0.29, 0.717) is 36.6 Å². The lowest BCUT2D eigenvalue weighted by atomic mass is 10.2. The largest absolute Gasteiger partial charge is 0.383 e. The Bertz CT molecular complexity index is 489. The number of ether oxygens (including phenoxy) is 1. The van der Waals surface area contributed by atoms with Gasteiger partial charge in [-0.15, -0.1) is 0 Å². The predicted octanol–water partition coefficient (Wildman–Crippen LogP) is 2.99. The fourth-order valence-corrected chi connectivity index (χ4v) is 2.54. The fraction of sp³-hybridized carbons (Fsp3) is 0.562. The van der Waals surface area contributed by atoms with Gasteiger partial charge in [-0.1, -0.05) is 17.7 Å². The highest BCUT2D eigenvalue weighted by Gasteiger charge is 2.30. The summed E-state index contributed by atoms with van der Waals surface area (Å²) in [5, 5.41) is 6.99. The Morgan fingerprint density at radius 1 is 1.48 bits per heavy atom. The molecule has 116 valence electrons. The first-order valence-electron chi connectivity index (χ1n) is 7.39. The first-order chi connectivity index (χ1) is 10.1. The van der Waals surface area contributed by atoms with Crippen LogP contribution in [0.1, 0.15) is 24.8 Å². The fourth-order valence-electron chi connectivity index (χ4n) is 2.37. The van der Waals surface area contributed by atoms with E-state index < -0.39 is 0 Å². The molecule has 0 heterocycles. The van der Waals surface area contributed by atoms with E-state index in [-0.39, 0.29) is 5.91 Å². The Hall–Kier alpha value is -1.10. The van der Waals surface area contributed by atoms with Crippen LogP contribution in [-0.2, 0) is 9.53 Å². The Labute approximate surface area is 131 Å². The third kappa shape index (κ3) is 4.99. The number of amides is 1. The van der Waals surface area contributed by atoms with Gasteiger partial charge in [-0.3, -0.25) is 4.79 Å². The molecule has 0 saturated heterocycles. The van der Waals surface area contributed by atoms with E-state index in [0.717, 1.165) is 11.3 Å². The van der Waals surface area contributed by atoms with Crippen LogP contribution in [-0.4, -0.2) is 32.2 Å². The van der Waals surface area contributed by atoms with Crippen LogP contribution >= 0.6 is 11.6 Å². The lowest BCUT2D eigenvalue weighted by Crippen LogP contribution is -2.37. The molecule has 2 rings (SSSR count). The number of nitrogens with one attached hydrogen (secondary N) is 2. The lowest BCUT2D eigenvalue weighted by Gasteiger charge is -2.17. The van der Waals surface area contributed by atoms with Gasteiger partial charge in [-0.2, -0.15) is 0 Å². The standard InChI is InChI=1S/C16H23ClN2O2/c1-11-13(17)4-3-5-14(11)19-16(20)8-9-18-15(10-21-2)12-6-7-12/h3-5,12,15,18H,6-10H2,1-2H3,(H,19,20). The summed E-state index contributed by atoms with van der Waals surface area (Å²) in [6.45, 7) is 3.27. The Kier molecular flexibility index (Phi) is 6.03. The molecular formula is C16H23ClN2O2. The summed E-state index contributed by atoms with van der Waals surface area (Å²) in [7, 11) is 1.71. The van der Waals surface area contributed by atoms with Crippen molar-refractivity contribution in [3.05, 3.63) is 28.8 Å². The van der Waals surface area contributed by atoms with E-state index in [4.69, 9.17) is 16.3 Å². The zero-order valence-electron chi connectivity index (χ0n) is 12.6. The number of anilines is 1. The monoisotopic (exact) mass is 310 g/mol. The van der Waals surface area contributed by atoms with Crippen LogP contribution in [0.3, 0.4) is 0 Å². The molecule has 5 heteroatoms. The Morgan fingerprint density at radius 2 is 2.24 bits per heavy atom. The minimum absolute atomic E-state index is 0.000157. The Morgan fingerprint density at radius 3 is 2.90 bits per heavy atom. The van der Waals surface area contributed by atoms with Crippen LogP contribution in [0.2, 0.25) is 5.02 Å². The van der Waals surface area contributed by atoms with E-state index in [9.17, 15) is 4.79 Å². The number of carbonyl (C=O) groups is 1. The average Bonchev–Trinajstić information content (AvgIpc) is 3.27. The molecular weight excluding hydrogens is 288 g/mol. The van der Waals surface area contributed by atoms with E-state index in [1.165, 1.54) is 12.8 Å². The van der Waals surface area contributed by atoms with Gasteiger partial charge in [0.2, 0.25) is 5.91 Å². The van der Waals surface area contributed by atoms with E-state index in [1.807, 2.05) is 25.1 Å². The second-order valence-corrected chi connectivity index (χ2v) is 5.97. The summed E-state index contributed by atoms with van der Waals surface area (Å²) in [5.74, 6) is 0.711. The molecule has 0 spiro atoms. The van der Waals surface area contributed by atoms with Gasteiger partial charge in [0.25, 0.3) is 0 Å². The number of halogens is 1. The van der Waals surface area contributed by atoms with Gasteiger partial charge < -0.3 is 15.4 Å². The van der Waals surface area contributed by atoms with E-state index in [2.05, 4.69) is 10.6 Å². The van der Waals surface area contributed by atoms with Crippen molar-refractivity contribution in [2.45, 2.75) is 32.2 Å². The molecule has 1 saturated carbocycles. The van der Waals surface area contributed by atoms with Gasteiger partial charge in [0, 0.05) is 36.8 Å². The van der Waals surface area contributed by atoms with E-state index >= 15 is 0 Å². The number of rotatable bonds is 8. The molecule has 1 aromatic carbocycles. The second kappa shape index (κ2) is 7.78. The van der Waals surface area contributed by atoms with Gasteiger partial charge in [0.1, 0.15) is 0 Å².